The molecule has 0 saturated carbocycles. The van der Waals surface area contributed by atoms with Crippen LogP contribution in [0.25, 0.3) is 0 Å². The van der Waals surface area contributed by atoms with Gasteiger partial charge >= 0.3 is 0 Å². The molecule has 178 valence electrons. The summed E-state index contributed by atoms with van der Waals surface area (Å²) in [5.41, 5.74) is 1.12. The second-order valence-corrected chi connectivity index (χ2v) is 8.71. The standard InChI is InChI=1S/C25H32FN3O4/c1-16-13-28(3)17(2)15-33-22-11-10-20(27-24(30)18-6-8-19(26)9-7-18)12-21(22)25(31)29(4)14-23(16)32-5/h6-12,16-17,23H,13-15H2,1-5H3,(H,27,30)/t16-,17+,23-/m0/s1. The maximum absolute atomic E-state index is 13.3. The van der Waals surface area contributed by atoms with Gasteiger partial charge in [0.1, 0.15) is 18.2 Å². The predicted octanol–water partition coefficient (Wildman–Crippen LogP) is 3.51. The second kappa shape index (κ2) is 10.8. The molecule has 0 bridgehead atoms. The number of nitrogens with zero attached hydrogens (tertiary/aromatic N) is 2. The summed E-state index contributed by atoms with van der Waals surface area (Å²) in [5, 5.41) is 2.77. The summed E-state index contributed by atoms with van der Waals surface area (Å²) in [6.45, 7) is 5.83. The zero-order valence-electron chi connectivity index (χ0n) is 19.8. The highest BCUT2D eigenvalue weighted by molar-refractivity contribution is 6.05. The van der Waals surface area contributed by atoms with Gasteiger partial charge in [0.15, 0.2) is 0 Å². The zero-order valence-corrected chi connectivity index (χ0v) is 19.8. The Labute approximate surface area is 194 Å². The van der Waals surface area contributed by atoms with Crippen LogP contribution in [0, 0.1) is 11.7 Å². The highest BCUT2D eigenvalue weighted by Gasteiger charge is 2.27. The lowest BCUT2D eigenvalue weighted by atomic mass is 10.0. The Balaban J connectivity index is 1.90. The van der Waals surface area contributed by atoms with E-state index < -0.39 is 11.7 Å². The van der Waals surface area contributed by atoms with Crippen LogP contribution in [-0.4, -0.2) is 74.7 Å². The molecule has 0 spiro atoms. The Morgan fingerprint density at radius 3 is 2.48 bits per heavy atom. The van der Waals surface area contributed by atoms with Gasteiger partial charge in [-0.05, 0) is 62.4 Å². The molecule has 1 aliphatic heterocycles. The summed E-state index contributed by atoms with van der Waals surface area (Å²) in [5.74, 6) is -0.375. The monoisotopic (exact) mass is 457 g/mol. The molecule has 0 saturated heterocycles. The zero-order chi connectivity index (χ0) is 24.1. The van der Waals surface area contributed by atoms with Crippen LogP contribution in [0.1, 0.15) is 34.6 Å². The van der Waals surface area contributed by atoms with E-state index in [2.05, 4.69) is 24.1 Å². The number of nitrogens with one attached hydrogen (secondary N) is 1. The van der Waals surface area contributed by atoms with Gasteiger partial charge < -0.3 is 19.7 Å². The summed E-state index contributed by atoms with van der Waals surface area (Å²) in [7, 11) is 5.44. The van der Waals surface area contributed by atoms with Crippen molar-refractivity contribution in [1.82, 2.24) is 9.80 Å². The minimum absolute atomic E-state index is 0.126. The summed E-state index contributed by atoms with van der Waals surface area (Å²) >= 11 is 0. The average molecular weight is 458 g/mol. The van der Waals surface area contributed by atoms with Crippen molar-refractivity contribution in [3.63, 3.8) is 0 Å². The van der Waals surface area contributed by atoms with E-state index >= 15 is 0 Å². The first-order valence-electron chi connectivity index (χ1n) is 11.0. The Morgan fingerprint density at radius 1 is 1.12 bits per heavy atom. The fourth-order valence-electron chi connectivity index (χ4n) is 3.84. The van der Waals surface area contributed by atoms with Crippen molar-refractivity contribution in [3.8, 4) is 5.75 Å². The Kier molecular flexibility index (Phi) is 8.05. The van der Waals surface area contributed by atoms with E-state index in [4.69, 9.17) is 9.47 Å². The van der Waals surface area contributed by atoms with Gasteiger partial charge in [-0.15, -0.1) is 0 Å². The first-order valence-corrected chi connectivity index (χ1v) is 11.0. The lowest BCUT2D eigenvalue weighted by molar-refractivity contribution is 0.0150. The minimum atomic E-state index is -0.416. The average Bonchev–Trinajstić information content (AvgIpc) is 2.80. The van der Waals surface area contributed by atoms with E-state index in [9.17, 15) is 14.0 Å². The number of likely N-dealkylation sites (N-methyl/N-ethyl adjacent to an activating group) is 2. The summed E-state index contributed by atoms with van der Waals surface area (Å²) < 4.78 is 24.9. The Bertz CT molecular complexity index is 982. The number of carbonyl (C=O) groups excluding carboxylic acids is 2. The van der Waals surface area contributed by atoms with Crippen LogP contribution in [-0.2, 0) is 4.74 Å². The Hall–Kier alpha value is -2.97. The number of anilines is 1. The van der Waals surface area contributed by atoms with Crippen molar-refractivity contribution in [2.45, 2.75) is 26.0 Å². The molecule has 3 rings (SSSR count). The maximum atomic E-state index is 13.3. The fraction of sp³-hybridized carbons (Fsp3) is 0.440. The highest BCUT2D eigenvalue weighted by Crippen LogP contribution is 2.26. The molecule has 8 heteroatoms. The molecule has 2 amide bonds. The highest BCUT2D eigenvalue weighted by atomic mass is 19.1. The van der Waals surface area contributed by atoms with E-state index in [-0.39, 0.29) is 24.0 Å². The fourth-order valence-corrected chi connectivity index (χ4v) is 3.84. The van der Waals surface area contributed by atoms with Crippen molar-refractivity contribution in [1.29, 1.82) is 0 Å². The quantitative estimate of drug-likeness (QED) is 0.764. The number of hydrogen-bond acceptors (Lipinski definition) is 5. The van der Waals surface area contributed by atoms with Crippen LogP contribution < -0.4 is 10.1 Å². The van der Waals surface area contributed by atoms with Gasteiger partial charge in [-0.3, -0.25) is 14.5 Å². The topological polar surface area (TPSA) is 71.1 Å². The smallest absolute Gasteiger partial charge is 0.257 e. The molecule has 33 heavy (non-hydrogen) atoms. The van der Waals surface area contributed by atoms with Gasteiger partial charge in [0, 0.05) is 44.5 Å². The molecular formula is C25H32FN3O4. The largest absolute Gasteiger partial charge is 0.491 e. The first-order chi connectivity index (χ1) is 15.7. The lowest BCUT2D eigenvalue weighted by Gasteiger charge is -2.34. The number of rotatable bonds is 3. The molecule has 1 aliphatic rings. The normalized spacial score (nSPS) is 22.5. The van der Waals surface area contributed by atoms with Gasteiger partial charge in [-0.1, -0.05) is 6.92 Å². The van der Waals surface area contributed by atoms with E-state index in [0.717, 1.165) is 6.54 Å². The van der Waals surface area contributed by atoms with Gasteiger partial charge in [-0.25, -0.2) is 4.39 Å². The molecule has 0 aliphatic carbocycles. The number of benzene rings is 2. The molecule has 0 aromatic heterocycles. The second-order valence-electron chi connectivity index (χ2n) is 8.71. The van der Waals surface area contributed by atoms with Crippen molar-refractivity contribution in [2.75, 3.05) is 46.2 Å². The SMILES string of the molecule is CO[C@H]1CN(C)C(=O)c2cc(NC(=O)c3ccc(F)cc3)ccc2OC[C@@H](C)N(C)C[C@@H]1C. The van der Waals surface area contributed by atoms with Gasteiger partial charge in [0.25, 0.3) is 11.8 Å². The molecule has 7 nitrogen and oxygen atoms in total. The van der Waals surface area contributed by atoms with Gasteiger partial charge in [0.2, 0.25) is 0 Å². The number of carbonyl (C=O) groups is 2. The van der Waals surface area contributed by atoms with Crippen LogP contribution in [0.5, 0.6) is 5.75 Å². The van der Waals surface area contributed by atoms with E-state index in [1.165, 1.54) is 24.3 Å². The minimum Gasteiger partial charge on any atom is -0.491 e. The number of halogens is 1. The van der Waals surface area contributed by atoms with Crippen molar-refractivity contribution in [3.05, 3.63) is 59.4 Å². The molecule has 1 heterocycles. The van der Waals surface area contributed by atoms with Crippen molar-refractivity contribution in [2.24, 2.45) is 5.92 Å². The number of hydrogen-bond donors (Lipinski definition) is 1. The van der Waals surface area contributed by atoms with E-state index in [1.54, 1.807) is 37.3 Å². The third-order valence-electron chi connectivity index (χ3n) is 6.12. The van der Waals surface area contributed by atoms with Gasteiger partial charge in [-0.2, -0.15) is 0 Å². The summed E-state index contributed by atoms with van der Waals surface area (Å²) in [6.07, 6.45) is -0.126. The van der Waals surface area contributed by atoms with Crippen LogP contribution in [0.3, 0.4) is 0 Å². The molecule has 2 aromatic rings. The van der Waals surface area contributed by atoms with E-state index in [1.807, 2.05) is 7.05 Å². The van der Waals surface area contributed by atoms with Crippen LogP contribution in [0.4, 0.5) is 10.1 Å². The number of ether oxygens (including phenoxy) is 2. The molecule has 1 N–H and O–H groups in total. The predicted molar refractivity (Wildman–Crippen MR) is 125 cm³/mol. The molecule has 2 aromatic carbocycles. The molecular weight excluding hydrogens is 425 g/mol. The third-order valence-corrected chi connectivity index (χ3v) is 6.12. The summed E-state index contributed by atoms with van der Waals surface area (Å²) in [4.78, 5) is 29.7. The molecule has 0 radical (unpaired) electrons. The molecule has 0 unspecified atom stereocenters. The lowest BCUT2D eigenvalue weighted by Crippen LogP contribution is -2.45. The number of methoxy groups -OCH3 is 1. The summed E-state index contributed by atoms with van der Waals surface area (Å²) in [6, 6.07) is 10.4. The number of fused-ring (bicyclic) bond motifs is 1. The third kappa shape index (κ3) is 6.09. The van der Waals surface area contributed by atoms with Crippen LogP contribution >= 0.6 is 0 Å². The van der Waals surface area contributed by atoms with Gasteiger partial charge in [0.05, 0.1) is 11.7 Å². The van der Waals surface area contributed by atoms with Crippen LogP contribution in [0.15, 0.2) is 42.5 Å². The Morgan fingerprint density at radius 2 is 1.82 bits per heavy atom. The van der Waals surface area contributed by atoms with Crippen molar-refractivity contribution >= 4 is 17.5 Å². The van der Waals surface area contributed by atoms with E-state index in [0.29, 0.717) is 35.7 Å². The van der Waals surface area contributed by atoms with Crippen molar-refractivity contribution < 1.29 is 23.5 Å². The first kappa shape index (κ1) is 24.7. The maximum Gasteiger partial charge on any atom is 0.257 e. The molecule has 0 fully saturated rings. The number of amides is 2. The molecule has 3 atom stereocenters. The van der Waals surface area contributed by atoms with Crippen LogP contribution in [0.2, 0.25) is 0 Å².